The molecule has 1 aliphatic rings. The van der Waals surface area contributed by atoms with E-state index < -0.39 is 6.10 Å². The molecule has 0 fully saturated rings. The SMILES string of the molecule is CC[C@@H](O)c1ccc2c(c1)CCC(=O)N2C. The van der Waals surface area contributed by atoms with Gasteiger partial charge in [0, 0.05) is 19.2 Å². The quantitative estimate of drug-likeness (QED) is 0.827. The van der Waals surface area contributed by atoms with Crippen LogP contribution in [0.5, 0.6) is 0 Å². The van der Waals surface area contributed by atoms with Gasteiger partial charge < -0.3 is 10.0 Å². The third kappa shape index (κ3) is 1.83. The van der Waals surface area contributed by atoms with Gasteiger partial charge in [-0.3, -0.25) is 4.79 Å². The maximum absolute atomic E-state index is 11.5. The molecule has 0 bridgehead atoms. The Morgan fingerprint density at radius 2 is 2.19 bits per heavy atom. The monoisotopic (exact) mass is 219 g/mol. The van der Waals surface area contributed by atoms with Gasteiger partial charge in [-0.2, -0.15) is 0 Å². The number of hydrogen-bond donors (Lipinski definition) is 1. The summed E-state index contributed by atoms with van der Waals surface area (Å²) in [5, 5.41) is 9.77. The number of carbonyl (C=O) groups excluding carboxylic acids is 1. The first kappa shape index (κ1) is 11.1. The number of benzene rings is 1. The molecule has 1 aromatic carbocycles. The highest BCUT2D eigenvalue weighted by atomic mass is 16.3. The second-order valence-corrected chi connectivity index (χ2v) is 4.26. The normalized spacial score (nSPS) is 17.2. The number of rotatable bonds is 2. The zero-order chi connectivity index (χ0) is 11.7. The molecule has 0 unspecified atom stereocenters. The van der Waals surface area contributed by atoms with E-state index >= 15 is 0 Å². The summed E-state index contributed by atoms with van der Waals surface area (Å²) in [4.78, 5) is 13.2. The highest BCUT2D eigenvalue weighted by Gasteiger charge is 2.21. The molecule has 16 heavy (non-hydrogen) atoms. The Morgan fingerprint density at radius 1 is 1.44 bits per heavy atom. The number of nitrogens with zero attached hydrogens (tertiary/aromatic N) is 1. The van der Waals surface area contributed by atoms with E-state index in [1.165, 1.54) is 0 Å². The van der Waals surface area contributed by atoms with Crippen molar-refractivity contribution in [1.82, 2.24) is 0 Å². The van der Waals surface area contributed by atoms with Gasteiger partial charge in [-0.1, -0.05) is 19.1 Å². The maximum atomic E-state index is 11.5. The van der Waals surface area contributed by atoms with Gasteiger partial charge in [0.05, 0.1) is 6.10 Å². The molecule has 0 saturated heterocycles. The minimum absolute atomic E-state index is 0.163. The number of aliphatic hydroxyl groups is 1. The largest absolute Gasteiger partial charge is 0.388 e. The third-order valence-corrected chi connectivity index (χ3v) is 3.22. The molecule has 0 aromatic heterocycles. The summed E-state index contributed by atoms with van der Waals surface area (Å²) in [5.41, 5.74) is 3.08. The van der Waals surface area contributed by atoms with Crippen LogP contribution < -0.4 is 4.90 Å². The highest BCUT2D eigenvalue weighted by Crippen LogP contribution is 2.29. The van der Waals surface area contributed by atoms with E-state index in [4.69, 9.17) is 0 Å². The number of hydrogen-bond acceptors (Lipinski definition) is 2. The number of anilines is 1. The molecular weight excluding hydrogens is 202 g/mol. The number of amides is 1. The standard InChI is InChI=1S/C13H17NO2/c1-3-12(15)10-4-6-11-9(8-10)5-7-13(16)14(11)2/h4,6,8,12,15H,3,5,7H2,1-2H3/t12-/m1/s1. The minimum Gasteiger partial charge on any atom is -0.388 e. The van der Waals surface area contributed by atoms with Gasteiger partial charge in [-0.15, -0.1) is 0 Å². The lowest BCUT2D eigenvalue weighted by molar-refractivity contribution is -0.118. The lowest BCUT2D eigenvalue weighted by Gasteiger charge is -2.26. The summed E-state index contributed by atoms with van der Waals surface area (Å²) in [6, 6.07) is 5.86. The Labute approximate surface area is 95.7 Å². The van der Waals surface area contributed by atoms with Gasteiger partial charge in [0.1, 0.15) is 0 Å². The zero-order valence-corrected chi connectivity index (χ0v) is 9.73. The number of aliphatic hydroxyl groups excluding tert-OH is 1. The molecule has 86 valence electrons. The fraction of sp³-hybridized carbons (Fsp3) is 0.462. The van der Waals surface area contributed by atoms with E-state index in [2.05, 4.69) is 0 Å². The summed E-state index contributed by atoms with van der Waals surface area (Å²) in [6.07, 6.45) is 1.67. The van der Waals surface area contributed by atoms with E-state index in [9.17, 15) is 9.90 Å². The lowest BCUT2D eigenvalue weighted by atomic mass is 9.96. The lowest BCUT2D eigenvalue weighted by Crippen LogP contribution is -2.31. The van der Waals surface area contributed by atoms with E-state index in [-0.39, 0.29) is 5.91 Å². The Balaban J connectivity index is 2.37. The molecule has 1 heterocycles. The van der Waals surface area contributed by atoms with Crippen LogP contribution >= 0.6 is 0 Å². The molecule has 1 amide bonds. The number of fused-ring (bicyclic) bond motifs is 1. The number of carbonyl (C=O) groups is 1. The van der Waals surface area contributed by atoms with Crippen LogP contribution in [0.4, 0.5) is 5.69 Å². The van der Waals surface area contributed by atoms with Crippen LogP contribution in [0.1, 0.15) is 37.0 Å². The molecule has 0 radical (unpaired) electrons. The molecule has 1 atom stereocenters. The van der Waals surface area contributed by atoms with E-state index in [0.717, 1.165) is 23.2 Å². The van der Waals surface area contributed by atoms with E-state index in [1.54, 1.807) is 11.9 Å². The van der Waals surface area contributed by atoms with Crippen molar-refractivity contribution >= 4 is 11.6 Å². The van der Waals surface area contributed by atoms with Crippen LogP contribution in [-0.2, 0) is 11.2 Å². The molecule has 3 nitrogen and oxygen atoms in total. The maximum Gasteiger partial charge on any atom is 0.227 e. The smallest absolute Gasteiger partial charge is 0.227 e. The van der Waals surface area contributed by atoms with Crippen LogP contribution in [0.2, 0.25) is 0 Å². The molecule has 1 N–H and O–H groups in total. The minimum atomic E-state index is -0.395. The number of aryl methyl sites for hydroxylation is 1. The van der Waals surface area contributed by atoms with Crippen molar-refractivity contribution in [2.75, 3.05) is 11.9 Å². The van der Waals surface area contributed by atoms with Crippen LogP contribution in [0.25, 0.3) is 0 Å². The van der Waals surface area contributed by atoms with Crippen LogP contribution in [0.3, 0.4) is 0 Å². The summed E-state index contributed by atoms with van der Waals surface area (Å²) >= 11 is 0. The molecule has 0 spiro atoms. The summed E-state index contributed by atoms with van der Waals surface area (Å²) in [6.45, 7) is 1.96. The van der Waals surface area contributed by atoms with Gasteiger partial charge in [0.2, 0.25) is 5.91 Å². The fourth-order valence-corrected chi connectivity index (χ4v) is 2.12. The molecular formula is C13H17NO2. The van der Waals surface area contributed by atoms with Gasteiger partial charge in [-0.05, 0) is 30.0 Å². The Hall–Kier alpha value is -1.35. The van der Waals surface area contributed by atoms with Crippen molar-refractivity contribution in [2.24, 2.45) is 0 Å². The topological polar surface area (TPSA) is 40.5 Å². The molecule has 1 aromatic rings. The first-order valence-corrected chi connectivity index (χ1v) is 5.71. The predicted octanol–water partition coefficient (Wildman–Crippen LogP) is 2.04. The van der Waals surface area contributed by atoms with Gasteiger partial charge in [-0.25, -0.2) is 0 Å². The van der Waals surface area contributed by atoms with Gasteiger partial charge >= 0.3 is 0 Å². The molecule has 3 heteroatoms. The first-order chi connectivity index (χ1) is 7.63. The van der Waals surface area contributed by atoms with Crippen LogP contribution in [0, 0.1) is 0 Å². The first-order valence-electron chi connectivity index (χ1n) is 5.71. The van der Waals surface area contributed by atoms with E-state index in [0.29, 0.717) is 12.8 Å². The second kappa shape index (κ2) is 4.26. The van der Waals surface area contributed by atoms with Crippen LogP contribution in [-0.4, -0.2) is 18.1 Å². The van der Waals surface area contributed by atoms with Gasteiger partial charge in [0.25, 0.3) is 0 Å². The van der Waals surface area contributed by atoms with Crippen molar-refractivity contribution in [2.45, 2.75) is 32.3 Å². The highest BCUT2D eigenvalue weighted by molar-refractivity contribution is 5.95. The summed E-state index contributed by atoms with van der Waals surface area (Å²) < 4.78 is 0. The third-order valence-electron chi connectivity index (χ3n) is 3.22. The van der Waals surface area contributed by atoms with Crippen molar-refractivity contribution in [3.05, 3.63) is 29.3 Å². The molecule has 1 aliphatic heterocycles. The average molecular weight is 219 g/mol. The Kier molecular flexibility index (Phi) is 2.97. The summed E-state index contributed by atoms with van der Waals surface area (Å²) in [7, 11) is 1.80. The van der Waals surface area contributed by atoms with Gasteiger partial charge in [0.15, 0.2) is 0 Å². The van der Waals surface area contributed by atoms with E-state index in [1.807, 2.05) is 25.1 Å². The average Bonchev–Trinajstić information content (AvgIpc) is 2.32. The Bertz CT molecular complexity index is 414. The van der Waals surface area contributed by atoms with Crippen molar-refractivity contribution in [1.29, 1.82) is 0 Å². The predicted molar refractivity (Wildman–Crippen MR) is 63.4 cm³/mol. The Morgan fingerprint density at radius 3 is 2.88 bits per heavy atom. The fourth-order valence-electron chi connectivity index (χ4n) is 2.12. The van der Waals surface area contributed by atoms with Crippen molar-refractivity contribution in [3.8, 4) is 0 Å². The molecule has 0 aliphatic carbocycles. The second-order valence-electron chi connectivity index (χ2n) is 4.26. The molecule has 2 rings (SSSR count). The zero-order valence-electron chi connectivity index (χ0n) is 9.73. The summed E-state index contributed by atoms with van der Waals surface area (Å²) in [5.74, 6) is 0.163. The van der Waals surface area contributed by atoms with Crippen molar-refractivity contribution < 1.29 is 9.90 Å². The van der Waals surface area contributed by atoms with Crippen LogP contribution in [0.15, 0.2) is 18.2 Å². The molecule has 0 saturated carbocycles. The van der Waals surface area contributed by atoms with Crippen molar-refractivity contribution in [3.63, 3.8) is 0 Å².